The molecule has 0 bridgehead atoms. The number of amides is 1. The highest BCUT2D eigenvalue weighted by Gasteiger charge is 2.33. The van der Waals surface area contributed by atoms with Gasteiger partial charge >= 0.3 is 0 Å². The van der Waals surface area contributed by atoms with E-state index in [0.717, 1.165) is 43.6 Å². The zero-order valence-corrected chi connectivity index (χ0v) is 13.8. The molecule has 3 nitrogen and oxygen atoms in total. The number of aryl methyl sites for hydroxylation is 1. The highest BCUT2D eigenvalue weighted by atomic mass is 16.2. The molecule has 0 saturated heterocycles. The van der Waals surface area contributed by atoms with Gasteiger partial charge in [-0.15, -0.1) is 0 Å². The van der Waals surface area contributed by atoms with Crippen LogP contribution >= 0.6 is 0 Å². The van der Waals surface area contributed by atoms with Crippen LogP contribution < -0.4 is 5.32 Å². The van der Waals surface area contributed by atoms with Crippen LogP contribution in [0.15, 0.2) is 18.2 Å². The van der Waals surface area contributed by atoms with Gasteiger partial charge in [0, 0.05) is 24.8 Å². The first-order valence-electron chi connectivity index (χ1n) is 8.18. The SMILES string of the molecule is CCNc1cc(C)ccc1C(=O)N(CCC(C)C)C1CC1. The van der Waals surface area contributed by atoms with Crippen molar-refractivity contribution in [2.45, 2.75) is 53.0 Å². The van der Waals surface area contributed by atoms with Crippen molar-refractivity contribution in [1.82, 2.24) is 4.90 Å². The summed E-state index contributed by atoms with van der Waals surface area (Å²) in [6, 6.07) is 6.54. The Labute approximate surface area is 128 Å². The third-order valence-electron chi connectivity index (χ3n) is 3.97. The van der Waals surface area contributed by atoms with Crippen LogP contribution in [-0.4, -0.2) is 29.9 Å². The molecule has 2 rings (SSSR count). The van der Waals surface area contributed by atoms with Crippen molar-refractivity contribution in [3.8, 4) is 0 Å². The summed E-state index contributed by atoms with van der Waals surface area (Å²) in [5.41, 5.74) is 2.97. The number of rotatable bonds is 7. The van der Waals surface area contributed by atoms with E-state index in [1.807, 2.05) is 12.1 Å². The molecule has 0 aromatic heterocycles. The minimum Gasteiger partial charge on any atom is -0.385 e. The van der Waals surface area contributed by atoms with Crippen molar-refractivity contribution in [3.05, 3.63) is 29.3 Å². The largest absolute Gasteiger partial charge is 0.385 e. The Morgan fingerprint density at radius 3 is 2.67 bits per heavy atom. The van der Waals surface area contributed by atoms with Crippen LogP contribution in [0.1, 0.15) is 56.0 Å². The second-order valence-corrected chi connectivity index (χ2v) is 6.49. The lowest BCUT2D eigenvalue weighted by Crippen LogP contribution is -2.35. The summed E-state index contributed by atoms with van der Waals surface area (Å²) >= 11 is 0. The normalized spacial score (nSPS) is 14.3. The van der Waals surface area contributed by atoms with E-state index in [0.29, 0.717) is 12.0 Å². The summed E-state index contributed by atoms with van der Waals surface area (Å²) in [7, 11) is 0. The molecule has 0 atom stereocenters. The zero-order valence-electron chi connectivity index (χ0n) is 13.8. The second-order valence-electron chi connectivity index (χ2n) is 6.49. The number of carbonyl (C=O) groups is 1. The maximum absolute atomic E-state index is 12.9. The quantitative estimate of drug-likeness (QED) is 0.820. The van der Waals surface area contributed by atoms with Gasteiger partial charge < -0.3 is 10.2 Å². The molecule has 1 N–H and O–H groups in total. The Bertz CT molecular complexity index is 492. The lowest BCUT2D eigenvalue weighted by Gasteiger charge is -2.25. The topological polar surface area (TPSA) is 32.3 Å². The maximum Gasteiger partial charge on any atom is 0.256 e. The van der Waals surface area contributed by atoms with Crippen molar-refractivity contribution < 1.29 is 4.79 Å². The van der Waals surface area contributed by atoms with Gasteiger partial charge in [0.2, 0.25) is 0 Å². The summed E-state index contributed by atoms with van der Waals surface area (Å²) in [6.45, 7) is 10.3. The number of anilines is 1. The molecule has 21 heavy (non-hydrogen) atoms. The molecule has 116 valence electrons. The summed E-state index contributed by atoms with van der Waals surface area (Å²) in [5.74, 6) is 0.819. The fraction of sp³-hybridized carbons (Fsp3) is 0.611. The number of carbonyl (C=O) groups excluding carboxylic acids is 1. The molecule has 0 spiro atoms. The Balaban J connectivity index is 2.19. The highest BCUT2D eigenvalue weighted by Crippen LogP contribution is 2.30. The van der Waals surface area contributed by atoms with Crippen LogP contribution in [0, 0.1) is 12.8 Å². The van der Waals surface area contributed by atoms with Crippen LogP contribution in [0.3, 0.4) is 0 Å². The van der Waals surface area contributed by atoms with Gasteiger partial charge in [-0.05, 0) is 56.7 Å². The number of benzene rings is 1. The van der Waals surface area contributed by atoms with Gasteiger partial charge in [0.05, 0.1) is 5.56 Å². The summed E-state index contributed by atoms with van der Waals surface area (Å²) < 4.78 is 0. The van der Waals surface area contributed by atoms with Gasteiger partial charge in [0.25, 0.3) is 5.91 Å². The molecule has 0 unspecified atom stereocenters. The van der Waals surface area contributed by atoms with E-state index in [1.165, 1.54) is 5.56 Å². The Kier molecular flexibility index (Phi) is 5.27. The van der Waals surface area contributed by atoms with Crippen molar-refractivity contribution in [3.63, 3.8) is 0 Å². The second kappa shape index (κ2) is 6.97. The Morgan fingerprint density at radius 2 is 2.10 bits per heavy atom. The molecule has 0 heterocycles. The summed E-state index contributed by atoms with van der Waals surface area (Å²) in [5, 5.41) is 3.33. The standard InChI is InChI=1S/C18H28N2O/c1-5-19-17-12-14(4)6-9-16(17)18(21)20(15-7-8-15)11-10-13(2)3/h6,9,12-13,15,19H,5,7-8,10-11H2,1-4H3. The number of hydrogen-bond donors (Lipinski definition) is 1. The molecule has 1 aromatic rings. The Hall–Kier alpha value is -1.51. The average Bonchev–Trinajstić information content (AvgIpc) is 3.23. The minimum absolute atomic E-state index is 0.189. The van der Waals surface area contributed by atoms with Gasteiger partial charge in [-0.25, -0.2) is 0 Å². The van der Waals surface area contributed by atoms with Crippen LogP contribution in [0.25, 0.3) is 0 Å². The predicted octanol–water partition coefficient (Wildman–Crippen LogP) is 4.08. The number of nitrogens with zero attached hydrogens (tertiary/aromatic N) is 1. The molecule has 0 aliphatic heterocycles. The zero-order chi connectivity index (χ0) is 15.4. The van der Waals surface area contributed by atoms with Gasteiger partial charge in [0.15, 0.2) is 0 Å². The molecule has 1 fully saturated rings. The van der Waals surface area contributed by atoms with Crippen molar-refractivity contribution >= 4 is 11.6 Å². The van der Waals surface area contributed by atoms with E-state index in [2.05, 4.69) is 44.0 Å². The third kappa shape index (κ3) is 4.23. The van der Waals surface area contributed by atoms with E-state index in [-0.39, 0.29) is 5.91 Å². The van der Waals surface area contributed by atoms with E-state index in [1.54, 1.807) is 0 Å². The lowest BCUT2D eigenvalue weighted by molar-refractivity contribution is 0.0736. The molecular formula is C18H28N2O. The van der Waals surface area contributed by atoms with Gasteiger partial charge in [-0.1, -0.05) is 19.9 Å². The molecular weight excluding hydrogens is 260 g/mol. The van der Waals surface area contributed by atoms with Crippen molar-refractivity contribution in [2.75, 3.05) is 18.4 Å². The first-order chi connectivity index (χ1) is 10.0. The van der Waals surface area contributed by atoms with E-state index in [4.69, 9.17) is 0 Å². The van der Waals surface area contributed by atoms with Gasteiger partial charge in [-0.3, -0.25) is 4.79 Å². The van der Waals surface area contributed by atoms with Crippen LogP contribution in [0.5, 0.6) is 0 Å². The maximum atomic E-state index is 12.9. The number of nitrogens with one attached hydrogen (secondary N) is 1. The third-order valence-corrected chi connectivity index (χ3v) is 3.97. The average molecular weight is 288 g/mol. The van der Waals surface area contributed by atoms with Crippen LogP contribution in [-0.2, 0) is 0 Å². The smallest absolute Gasteiger partial charge is 0.256 e. The fourth-order valence-electron chi connectivity index (χ4n) is 2.57. The fourth-order valence-corrected chi connectivity index (χ4v) is 2.57. The molecule has 1 amide bonds. The molecule has 0 radical (unpaired) electrons. The first-order valence-corrected chi connectivity index (χ1v) is 8.18. The molecule has 1 aliphatic carbocycles. The van der Waals surface area contributed by atoms with Gasteiger partial charge in [-0.2, -0.15) is 0 Å². The molecule has 1 saturated carbocycles. The monoisotopic (exact) mass is 288 g/mol. The molecule has 3 heteroatoms. The minimum atomic E-state index is 0.189. The predicted molar refractivity (Wildman–Crippen MR) is 88.9 cm³/mol. The number of hydrogen-bond acceptors (Lipinski definition) is 2. The highest BCUT2D eigenvalue weighted by molar-refractivity contribution is 6.00. The summed E-state index contributed by atoms with van der Waals surface area (Å²) in [4.78, 5) is 15.0. The van der Waals surface area contributed by atoms with E-state index >= 15 is 0 Å². The van der Waals surface area contributed by atoms with Crippen molar-refractivity contribution in [2.24, 2.45) is 5.92 Å². The van der Waals surface area contributed by atoms with E-state index in [9.17, 15) is 4.79 Å². The van der Waals surface area contributed by atoms with Crippen molar-refractivity contribution in [1.29, 1.82) is 0 Å². The van der Waals surface area contributed by atoms with Crippen LogP contribution in [0.4, 0.5) is 5.69 Å². The lowest BCUT2D eigenvalue weighted by atomic mass is 10.1. The summed E-state index contributed by atoms with van der Waals surface area (Å²) in [6.07, 6.45) is 3.39. The molecule has 1 aliphatic rings. The Morgan fingerprint density at radius 1 is 1.38 bits per heavy atom. The van der Waals surface area contributed by atoms with Crippen LogP contribution in [0.2, 0.25) is 0 Å². The molecule has 1 aromatic carbocycles. The van der Waals surface area contributed by atoms with E-state index < -0.39 is 0 Å². The first kappa shape index (κ1) is 15.9. The van der Waals surface area contributed by atoms with Gasteiger partial charge in [0.1, 0.15) is 0 Å².